The second-order valence-electron chi connectivity index (χ2n) is 11.2. The number of hydrogen-bond donors (Lipinski definition) is 3. The molecule has 3 rings (SSSR count). The third-order valence-electron chi connectivity index (χ3n) is 7.42. The number of carbonyl (C=O) groups excluding carboxylic acids is 4. The summed E-state index contributed by atoms with van der Waals surface area (Å²) < 4.78 is 5.77. The van der Waals surface area contributed by atoms with Crippen LogP contribution in [0.4, 0.5) is 0 Å². The highest BCUT2D eigenvalue weighted by Crippen LogP contribution is 2.24. The minimum absolute atomic E-state index is 0.190. The van der Waals surface area contributed by atoms with Crippen molar-refractivity contribution in [2.75, 3.05) is 6.54 Å². The van der Waals surface area contributed by atoms with Gasteiger partial charge in [0.05, 0.1) is 5.69 Å². The lowest BCUT2D eigenvalue weighted by molar-refractivity contribution is -0.157. The van der Waals surface area contributed by atoms with Crippen molar-refractivity contribution in [3.63, 3.8) is 0 Å². The Morgan fingerprint density at radius 3 is 2.48 bits per heavy atom. The van der Waals surface area contributed by atoms with E-state index in [9.17, 15) is 19.2 Å². The predicted molar refractivity (Wildman–Crippen MR) is 163 cm³/mol. The first kappa shape index (κ1) is 32.5. The summed E-state index contributed by atoms with van der Waals surface area (Å²) in [5.74, 6) is -2.06. The van der Waals surface area contributed by atoms with Crippen molar-refractivity contribution in [3.8, 4) is 0 Å². The maximum atomic E-state index is 13.2. The van der Waals surface area contributed by atoms with Gasteiger partial charge in [-0.2, -0.15) is 0 Å². The summed E-state index contributed by atoms with van der Waals surface area (Å²) in [6.45, 7) is 16.6. The van der Waals surface area contributed by atoms with Gasteiger partial charge in [0.2, 0.25) is 11.8 Å². The summed E-state index contributed by atoms with van der Waals surface area (Å²) in [6, 6.07) is 5.33. The third kappa shape index (κ3) is 8.25. The third-order valence-corrected chi connectivity index (χ3v) is 7.42. The zero-order valence-electron chi connectivity index (χ0n) is 25.2. The van der Waals surface area contributed by atoms with Crippen LogP contribution >= 0.6 is 0 Å². The average Bonchev–Trinajstić information content (AvgIpc) is 2.98. The number of aromatic nitrogens is 1. The zero-order chi connectivity index (χ0) is 31.0. The first-order chi connectivity index (χ1) is 19.9. The molecule has 3 amide bonds. The van der Waals surface area contributed by atoms with Crippen LogP contribution in [0.5, 0.6) is 0 Å². The molecule has 0 aliphatic carbocycles. The number of ether oxygens (including phenoxy) is 1. The maximum Gasteiger partial charge on any atom is 0.325 e. The van der Waals surface area contributed by atoms with Gasteiger partial charge >= 0.3 is 5.97 Å². The number of hydrogen-bond acceptors (Lipinski definition) is 7. The van der Waals surface area contributed by atoms with Crippen LogP contribution in [-0.2, 0) is 23.9 Å². The Hall–Kier alpha value is -4.05. The number of rotatable bonds is 12. The summed E-state index contributed by atoms with van der Waals surface area (Å²) in [7, 11) is 0. The molecule has 10 heteroatoms. The molecule has 2 heterocycles. The molecule has 4 unspecified atom stereocenters. The van der Waals surface area contributed by atoms with Crippen molar-refractivity contribution >= 4 is 40.5 Å². The van der Waals surface area contributed by atoms with Gasteiger partial charge in [-0.15, -0.1) is 6.58 Å². The van der Waals surface area contributed by atoms with E-state index in [4.69, 9.17) is 4.74 Å². The minimum atomic E-state index is -0.880. The molecular weight excluding hydrogens is 534 g/mol. The lowest BCUT2D eigenvalue weighted by Gasteiger charge is -2.35. The first-order valence-electron chi connectivity index (χ1n) is 14.5. The van der Waals surface area contributed by atoms with Gasteiger partial charge in [-0.05, 0) is 68.2 Å². The lowest BCUT2D eigenvalue weighted by Crippen LogP contribution is -2.61. The van der Waals surface area contributed by atoms with E-state index in [0.717, 1.165) is 22.0 Å². The molecule has 3 N–H and O–H groups in total. The monoisotopic (exact) mass is 577 g/mol. The molecule has 226 valence electrons. The number of benzene rings is 1. The van der Waals surface area contributed by atoms with Crippen LogP contribution in [0.2, 0.25) is 0 Å². The second kappa shape index (κ2) is 14.7. The number of fused-ring (bicyclic) bond motifs is 1. The molecule has 1 aromatic carbocycles. The average molecular weight is 578 g/mol. The van der Waals surface area contributed by atoms with E-state index < -0.39 is 36.1 Å². The van der Waals surface area contributed by atoms with Gasteiger partial charge in [0, 0.05) is 24.0 Å². The van der Waals surface area contributed by atoms with Gasteiger partial charge in [0.25, 0.3) is 5.91 Å². The summed E-state index contributed by atoms with van der Waals surface area (Å²) in [6.07, 6.45) is 6.19. The Morgan fingerprint density at radius 2 is 1.81 bits per heavy atom. The van der Waals surface area contributed by atoms with Crippen molar-refractivity contribution < 1.29 is 23.9 Å². The number of pyridine rings is 1. The van der Waals surface area contributed by atoms with Crippen LogP contribution in [-0.4, -0.2) is 58.4 Å². The zero-order valence-corrected chi connectivity index (χ0v) is 25.2. The number of esters is 1. The fourth-order valence-corrected chi connectivity index (χ4v) is 4.77. The molecule has 1 saturated heterocycles. The van der Waals surface area contributed by atoms with Crippen molar-refractivity contribution in [1.29, 1.82) is 0 Å². The molecule has 10 nitrogen and oxygen atoms in total. The van der Waals surface area contributed by atoms with Gasteiger partial charge in [0.1, 0.15) is 24.2 Å². The molecule has 42 heavy (non-hydrogen) atoms. The Kier molecular flexibility index (Phi) is 11.4. The van der Waals surface area contributed by atoms with E-state index >= 15 is 0 Å². The standard InChI is InChI=1S/C32H43N5O5/c1-8-11-20(5)29(38)35-28(19(3)4)30(39)34-21(6)31(40)37-15-10-12-27(36-37)32(41)42-22(7)23-13-14-24-18-33-26(9-2)17-25(24)16-23/h8-9,13-14,16-22,27-28,36H,1-2,10-12,15H2,3-7H3,(H,34,39)(H,35,38)/t20?,21?,22-,27?,28?/m1/s1. The Bertz CT molecular complexity index is 1330. The van der Waals surface area contributed by atoms with Crippen molar-refractivity contribution in [2.24, 2.45) is 11.8 Å². The molecule has 2 aromatic rings. The Balaban J connectivity index is 1.59. The molecule has 5 atom stereocenters. The SMILES string of the molecule is C=CCC(C)C(=O)NC(C(=O)NC(C)C(=O)N1CCCC(C(=O)O[C@H](C)c2ccc3cnc(C=C)cc3c2)N1)C(C)C. The minimum Gasteiger partial charge on any atom is -0.457 e. The number of nitrogens with one attached hydrogen (secondary N) is 3. The molecule has 0 radical (unpaired) electrons. The molecule has 1 fully saturated rings. The molecule has 1 aliphatic rings. The fourth-order valence-electron chi connectivity index (χ4n) is 4.77. The van der Waals surface area contributed by atoms with Crippen LogP contribution < -0.4 is 16.1 Å². The number of carbonyl (C=O) groups is 4. The van der Waals surface area contributed by atoms with Gasteiger partial charge in [-0.25, -0.2) is 5.43 Å². The number of allylic oxidation sites excluding steroid dienone is 1. The largest absolute Gasteiger partial charge is 0.457 e. The van der Waals surface area contributed by atoms with Crippen molar-refractivity contribution in [2.45, 2.75) is 78.1 Å². The Morgan fingerprint density at radius 1 is 1.07 bits per heavy atom. The molecule has 1 aromatic heterocycles. The summed E-state index contributed by atoms with van der Waals surface area (Å²) >= 11 is 0. The van der Waals surface area contributed by atoms with E-state index in [0.29, 0.717) is 25.8 Å². The summed E-state index contributed by atoms with van der Waals surface area (Å²) in [5, 5.41) is 8.81. The number of hydrazine groups is 1. The lowest BCUT2D eigenvalue weighted by atomic mass is 10.0. The van der Waals surface area contributed by atoms with Gasteiger partial charge < -0.3 is 15.4 Å². The van der Waals surface area contributed by atoms with Crippen LogP contribution in [0, 0.1) is 11.8 Å². The molecular formula is C32H43N5O5. The van der Waals surface area contributed by atoms with E-state index in [1.165, 1.54) is 5.01 Å². The summed E-state index contributed by atoms with van der Waals surface area (Å²) in [5.41, 5.74) is 4.58. The summed E-state index contributed by atoms with van der Waals surface area (Å²) in [4.78, 5) is 56.1. The highest BCUT2D eigenvalue weighted by Gasteiger charge is 2.34. The molecule has 1 aliphatic heterocycles. The Labute approximate surface area is 247 Å². The van der Waals surface area contributed by atoms with Crippen LogP contribution in [0.15, 0.2) is 49.7 Å². The van der Waals surface area contributed by atoms with E-state index in [1.807, 2.05) is 38.1 Å². The van der Waals surface area contributed by atoms with E-state index in [2.05, 4.69) is 34.2 Å². The topological polar surface area (TPSA) is 130 Å². The maximum absolute atomic E-state index is 13.2. The molecule has 0 saturated carbocycles. The highest BCUT2D eigenvalue weighted by molar-refractivity contribution is 5.92. The van der Waals surface area contributed by atoms with Crippen molar-refractivity contribution in [3.05, 3.63) is 61.0 Å². The van der Waals surface area contributed by atoms with Crippen molar-refractivity contribution in [1.82, 2.24) is 26.1 Å². The smallest absolute Gasteiger partial charge is 0.325 e. The van der Waals surface area contributed by atoms with E-state index in [1.54, 1.807) is 39.1 Å². The van der Waals surface area contributed by atoms with E-state index in [-0.39, 0.29) is 23.7 Å². The van der Waals surface area contributed by atoms with Gasteiger partial charge in [-0.3, -0.25) is 29.2 Å². The quantitative estimate of drug-likeness (QED) is 0.258. The normalized spacial score (nSPS) is 18.0. The molecule has 0 bridgehead atoms. The van der Waals surface area contributed by atoms with Gasteiger partial charge in [-0.1, -0.05) is 45.6 Å². The van der Waals surface area contributed by atoms with Crippen LogP contribution in [0.3, 0.4) is 0 Å². The number of nitrogens with zero attached hydrogens (tertiary/aromatic N) is 2. The second-order valence-corrected chi connectivity index (χ2v) is 11.2. The number of amides is 3. The predicted octanol–water partition coefficient (Wildman–Crippen LogP) is 3.84. The first-order valence-corrected chi connectivity index (χ1v) is 14.5. The molecule has 0 spiro atoms. The van der Waals surface area contributed by atoms with Crippen LogP contribution in [0.25, 0.3) is 16.8 Å². The van der Waals surface area contributed by atoms with Crippen LogP contribution in [0.1, 0.15) is 71.2 Å². The highest BCUT2D eigenvalue weighted by atomic mass is 16.5. The van der Waals surface area contributed by atoms with Gasteiger partial charge in [0.15, 0.2) is 0 Å². The fraction of sp³-hybridized carbons (Fsp3) is 0.469.